The fourth-order valence-corrected chi connectivity index (χ4v) is 8.27. The summed E-state index contributed by atoms with van der Waals surface area (Å²) in [6.07, 6.45) is 56.6. The maximum Gasteiger partial charge on any atom is 2.00 e. The third kappa shape index (κ3) is 60.5. The fraction of sp³-hybridized carbons (Fsp3) is 0.920. The summed E-state index contributed by atoms with van der Waals surface area (Å²) < 4.78 is 73.3. The van der Waals surface area contributed by atoms with Gasteiger partial charge in [-0.1, -0.05) is 270 Å². The summed E-state index contributed by atoms with van der Waals surface area (Å²) in [6, 6.07) is 0. The molecule has 0 aliphatic carbocycles. The van der Waals surface area contributed by atoms with Gasteiger partial charge in [-0.2, -0.15) is 0 Å². The molecule has 8 nitrogen and oxygen atoms in total. The molecule has 0 spiro atoms. The molecule has 0 amide bonds. The largest absolute Gasteiger partial charge is 2.00 e. The molecular weight excluding hydrogens is 833 g/mol. The van der Waals surface area contributed by atoms with E-state index in [1.807, 2.05) is 12.2 Å². The van der Waals surface area contributed by atoms with Gasteiger partial charge in [0.2, 0.25) is 20.8 Å². The number of hydrogen-bond acceptors (Lipinski definition) is 8. The summed E-state index contributed by atoms with van der Waals surface area (Å²) in [4.78, 5) is 0. The van der Waals surface area contributed by atoms with E-state index in [1.54, 1.807) is 0 Å². The van der Waals surface area contributed by atoms with Crippen molar-refractivity contribution in [1.29, 1.82) is 0 Å². The molecule has 0 aliphatic heterocycles. The van der Waals surface area contributed by atoms with Gasteiger partial charge >= 0.3 is 37.7 Å². The van der Waals surface area contributed by atoms with Gasteiger partial charge in [0.25, 0.3) is 0 Å². The quantitative estimate of drug-likeness (QED) is 0.0194. The predicted molar refractivity (Wildman–Crippen MR) is 260 cm³/mol. The molecule has 0 bridgehead atoms. The minimum Gasteiger partial charge on any atom is -0.726 e. The van der Waals surface area contributed by atoms with Crippen LogP contribution in [0, 0.1) is 11.8 Å². The predicted octanol–water partition coefficient (Wildman–Crippen LogP) is 15.8. The third-order valence-corrected chi connectivity index (χ3v) is 12.3. The van der Waals surface area contributed by atoms with Crippen molar-refractivity contribution in [2.75, 3.05) is 13.2 Å². The first-order valence-electron chi connectivity index (χ1n) is 25.5. The molecule has 61 heavy (non-hydrogen) atoms. The Morgan fingerprint density at radius 1 is 0.361 bits per heavy atom. The first-order chi connectivity index (χ1) is 29.0. The molecule has 0 heterocycles. The maximum absolute atomic E-state index is 10.7. The Hall–Kier alpha value is 0.480. The molecule has 0 radical (unpaired) electrons. The number of rotatable bonds is 46. The van der Waals surface area contributed by atoms with E-state index in [4.69, 9.17) is 0 Å². The second kappa shape index (κ2) is 51.5. The maximum atomic E-state index is 10.7. The van der Waals surface area contributed by atoms with E-state index in [9.17, 15) is 25.9 Å². The molecule has 0 aliphatic rings. The molecule has 0 aromatic heterocycles. The Morgan fingerprint density at radius 2 is 0.574 bits per heavy atom. The zero-order valence-corrected chi connectivity index (χ0v) is 44.4. The van der Waals surface area contributed by atoms with Crippen molar-refractivity contribution in [3.8, 4) is 0 Å². The number of hydrogen-bond donors (Lipinski definition) is 0. The summed E-state index contributed by atoms with van der Waals surface area (Å²) >= 11 is 0. The van der Waals surface area contributed by atoms with Gasteiger partial charge in [-0.05, 0) is 25.7 Å². The smallest absolute Gasteiger partial charge is 0.726 e. The van der Waals surface area contributed by atoms with Crippen molar-refractivity contribution < 1.29 is 34.3 Å². The van der Waals surface area contributed by atoms with Crippen LogP contribution in [0.3, 0.4) is 0 Å². The zero-order valence-electron chi connectivity index (χ0n) is 40.5. The minimum atomic E-state index is -4.60. The summed E-state index contributed by atoms with van der Waals surface area (Å²) in [5.74, 6) is 0.0418. The normalized spacial score (nSPS) is 13.1. The average molecular weight is 932 g/mol. The van der Waals surface area contributed by atoms with Crippen molar-refractivity contribution in [2.45, 2.75) is 272 Å². The van der Waals surface area contributed by atoms with Crippen LogP contribution in [0.2, 0.25) is 0 Å². The molecule has 360 valence electrons. The van der Waals surface area contributed by atoms with Crippen molar-refractivity contribution in [3.63, 3.8) is 0 Å². The van der Waals surface area contributed by atoms with Crippen molar-refractivity contribution in [3.05, 3.63) is 24.3 Å². The van der Waals surface area contributed by atoms with Crippen molar-refractivity contribution in [2.24, 2.45) is 11.8 Å². The first kappa shape index (κ1) is 65.8. The van der Waals surface area contributed by atoms with Crippen LogP contribution in [0.15, 0.2) is 24.3 Å². The standard InChI is InChI=1S/2C25H50O4S.Ca/c2*1-3-5-7-9-10-11-12-13-14-15-16-17-18-19-21-23-25(22-20-8-6-4-2)24-29-30(26,27)28;/h2*20,22,25H,3-19,21,23-24H2,1-2H3,(H,26,27,28);/q;;+2/p-2/b2*22-20+;. The Bertz CT molecular complexity index is 1040. The van der Waals surface area contributed by atoms with Crippen LogP contribution in [-0.4, -0.2) is 76.9 Å². The van der Waals surface area contributed by atoms with Gasteiger partial charge in [-0.15, -0.1) is 0 Å². The molecule has 0 fully saturated rings. The summed E-state index contributed by atoms with van der Waals surface area (Å²) in [6.45, 7) is 8.79. The molecule has 11 heteroatoms. The number of unbranched alkanes of at least 4 members (excludes halogenated alkanes) is 32. The van der Waals surface area contributed by atoms with E-state index in [0.717, 1.165) is 64.2 Å². The Labute approximate surface area is 410 Å². The Morgan fingerprint density at radius 3 is 0.787 bits per heavy atom. The van der Waals surface area contributed by atoms with Gasteiger partial charge in [-0.3, -0.25) is 8.37 Å². The van der Waals surface area contributed by atoms with Gasteiger partial charge < -0.3 is 9.11 Å². The molecule has 0 saturated carbocycles. The molecule has 0 N–H and O–H groups in total. The van der Waals surface area contributed by atoms with Crippen molar-refractivity contribution in [1.82, 2.24) is 0 Å². The Balaban J connectivity index is -0.00000109. The monoisotopic (exact) mass is 931 g/mol. The van der Waals surface area contributed by atoms with E-state index >= 15 is 0 Å². The van der Waals surface area contributed by atoms with E-state index < -0.39 is 20.8 Å². The summed E-state index contributed by atoms with van der Waals surface area (Å²) in [7, 11) is -9.20. The molecule has 0 aromatic carbocycles. The van der Waals surface area contributed by atoms with Crippen LogP contribution >= 0.6 is 0 Å². The molecule has 2 unspecified atom stereocenters. The van der Waals surface area contributed by atoms with Gasteiger partial charge in [0.15, 0.2) is 0 Å². The van der Waals surface area contributed by atoms with Crippen molar-refractivity contribution >= 4 is 58.5 Å². The molecule has 0 saturated heterocycles. The van der Waals surface area contributed by atoms with E-state index in [2.05, 4.69) is 48.2 Å². The van der Waals surface area contributed by atoms with E-state index in [1.165, 1.54) is 180 Å². The van der Waals surface area contributed by atoms with Crippen LogP contribution in [0.5, 0.6) is 0 Å². The van der Waals surface area contributed by atoms with Crippen LogP contribution in [0.1, 0.15) is 272 Å². The van der Waals surface area contributed by atoms with Gasteiger partial charge in [0, 0.05) is 11.8 Å². The molecule has 0 aromatic rings. The average Bonchev–Trinajstić information content (AvgIpc) is 3.21. The first-order valence-corrected chi connectivity index (χ1v) is 28.2. The van der Waals surface area contributed by atoms with E-state index in [-0.39, 0.29) is 62.8 Å². The van der Waals surface area contributed by atoms with Gasteiger partial charge in [0.1, 0.15) is 0 Å². The molecule has 0 rings (SSSR count). The Kier molecular flexibility index (Phi) is 55.5. The summed E-state index contributed by atoms with van der Waals surface area (Å²) in [5, 5.41) is 0. The number of allylic oxidation sites excluding steroid dienone is 2. The van der Waals surface area contributed by atoms with E-state index in [0.29, 0.717) is 0 Å². The topological polar surface area (TPSA) is 133 Å². The van der Waals surface area contributed by atoms with Crippen LogP contribution in [0.4, 0.5) is 0 Å². The second-order valence-electron chi connectivity index (χ2n) is 17.5. The second-order valence-corrected chi connectivity index (χ2v) is 19.6. The SMILES string of the molecule is CCCC/C=C/C(CCCCCCCCCCCCCCCCC)COS(=O)(=O)[O-].CCCC/C=C/C(CCCCCCCCCCCCCCCCC)COS(=O)(=O)[O-].[Ca+2]. The third-order valence-electron chi connectivity index (χ3n) is 11.5. The van der Waals surface area contributed by atoms with Gasteiger partial charge in [0.05, 0.1) is 13.2 Å². The van der Waals surface area contributed by atoms with Crippen LogP contribution < -0.4 is 0 Å². The molecule has 2 atom stereocenters. The zero-order chi connectivity index (χ0) is 44.7. The van der Waals surface area contributed by atoms with Crippen LogP contribution in [-0.2, 0) is 29.2 Å². The minimum absolute atomic E-state index is 0. The fourth-order valence-electron chi connectivity index (χ4n) is 7.59. The van der Waals surface area contributed by atoms with Gasteiger partial charge in [-0.25, -0.2) is 16.8 Å². The summed E-state index contributed by atoms with van der Waals surface area (Å²) in [5.41, 5.74) is 0. The molecular formula is C50H98CaO8S2. The van der Waals surface area contributed by atoms with Crippen LogP contribution in [0.25, 0.3) is 0 Å².